The zero-order valence-corrected chi connectivity index (χ0v) is 15.7. The Hall–Kier alpha value is -2.48. The van der Waals surface area contributed by atoms with Crippen molar-refractivity contribution in [3.05, 3.63) is 63.3 Å². The summed E-state index contributed by atoms with van der Waals surface area (Å²) < 4.78 is 1.57. The second kappa shape index (κ2) is 6.68. The van der Waals surface area contributed by atoms with Crippen LogP contribution < -0.4 is 5.32 Å². The molecule has 6 nitrogen and oxygen atoms in total. The van der Waals surface area contributed by atoms with Crippen LogP contribution in [0.4, 0.5) is 5.13 Å². The smallest absolute Gasteiger partial charge is 0.263 e. The van der Waals surface area contributed by atoms with Crippen molar-refractivity contribution in [1.29, 1.82) is 0 Å². The third-order valence-corrected chi connectivity index (χ3v) is 5.03. The van der Waals surface area contributed by atoms with E-state index in [4.69, 9.17) is 23.2 Å². The van der Waals surface area contributed by atoms with Gasteiger partial charge in [0.15, 0.2) is 10.8 Å². The molecule has 4 aromatic rings. The standard InChI is InChI=1S/C17H11Cl2N5OS/c1-9-14(15-20-5-2-6-24(15)23-9)16(25)22-17-21-13(8-26-17)11-4-3-10(18)7-12(11)19/h2-8H,1H3,(H,21,22,25). The van der Waals surface area contributed by atoms with Gasteiger partial charge in [0.2, 0.25) is 0 Å². The predicted octanol–water partition coefficient (Wildman–Crippen LogP) is 4.72. The highest BCUT2D eigenvalue weighted by atomic mass is 35.5. The summed E-state index contributed by atoms with van der Waals surface area (Å²) >= 11 is 13.5. The molecule has 4 rings (SSSR count). The summed E-state index contributed by atoms with van der Waals surface area (Å²) in [5.41, 5.74) is 2.94. The quantitative estimate of drug-likeness (QED) is 0.536. The Morgan fingerprint density at radius 1 is 1.31 bits per heavy atom. The third-order valence-electron chi connectivity index (χ3n) is 3.73. The van der Waals surface area contributed by atoms with Crippen molar-refractivity contribution >= 4 is 51.2 Å². The number of fused-ring (bicyclic) bond motifs is 1. The number of carbonyl (C=O) groups is 1. The van der Waals surface area contributed by atoms with E-state index in [9.17, 15) is 4.79 Å². The van der Waals surface area contributed by atoms with E-state index in [1.807, 2.05) is 5.38 Å². The lowest BCUT2D eigenvalue weighted by molar-refractivity contribution is 0.102. The maximum atomic E-state index is 12.7. The van der Waals surface area contributed by atoms with Gasteiger partial charge < -0.3 is 0 Å². The number of hydrogen-bond donors (Lipinski definition) is 1. The highest BCUT2D eigenvalue weighted by molar-refractivity contribution is 7.14. The van der Waals surface area contributed by atoms with Crippen LogP contribution in [-0.4, -0.2) is 25.5 Å². The number of amides is 1. The van der Waals surface area contributed by atoms with Crippen molar-refractivity contribution in [2.75, 3.05) is 5.32 Å². The van der Waals surface area contributed by atoms with Gasteiger partial charge in [0.25, 0.3) is 5.91 Å². The van der Waals surface area contributed by atoms with E-state index in [0.717, 1.165) is 5.56 Å². The van der Waals surface area contributed by atoms with Crippen LogP contribution in [0.2, 0.25) is 10.0 Å². The van der Waals surface area contributed by atoms with Gasteiger partial charge in [-0.3, -0.25) is 10.1 Å². The number of aromatic nitrogens is 4. The second-order valence-corrected chi connectivity index (χ2v) is 7.17. The molecule has 0 unspecified atom stereocenters. The number of hydrogen-bond acceptors (Lipinski definition) is 5. The molecule has 1 aromatic carbocycles. The lowest BCUT2D eigenvalue weighted by Gasteiger charge is -2.02. The van der Waals surface area contributed by atoms with Gasteiger partial charge >= 0.3 is 0 Å². The van der Waals surface area contributed by atoms with Gasteiger partial charge in [0, 0.05) is 28.4 Å². The van der Waals surface area contributed by atoms with Crippen LogP contribution in [0.25, 0.3) is 16.9 Å². The van der Waals surface area contributed by atoms with Gasteiger partial charge in [-0.2, -0.15) is 5.10 Å². The average Bonchev–Trinajstić information content (AvgIpc) is 3.18. The second-order valence-electron chi connectivity index (χ2n) is 5.46. The normalized spacial score (nSPS) is 11.0. The van der Waals surface area contributed by atoms with E-state index >= 15 is 0 Å². The van der Waals surface area contributed by atoms with Gasteiger partial charge in [-0.15, -0.1) is 11.3 Å². The van der Waals surface area contributed by atoms with E-state index < -0.39 is 0 Å². The van der Waals surface area contributed by atoms with Crippen LogP contribution in [-0.2, 0) is 0 Å². The van der Waals surface area contributed by atoms with Crippen LogP contribution in [0, 0.1) is 6.92 Å². The van der Waals surface area contributed by atoms with Gasteiger partial charge in [-0.1, -0.05) is 23.2 Å². The number of halogens is 2. The number of thiazole rings is 1. The summed E-state index contributed by atoms with van der Waals surface area (Å²) in [7, 11) is 0. The predicted molar refractivity (Wildman–Crippen MR) is 103 cm³/mol. The monoisotopic (exact) mass is 403 g/mol. The summed E-state index contributed by atoms with van der Waals surface area (Å²) in [6.07, 6.45) is 3.37. The van der Waals surface area contributed by atoms with Crippen molar-refractivity contribution in [2.45, 2.75) is 6.92 Å². The van der Waals surface area contributed by atoms with Crippen LogP contribution in [0.15, 0.2) is 42.0 Å². The van der Waals surface area contributed by atoms with Crippen LogP contribution in [0.3, 0.4) is 0 Å². The number of nitrogens with one attached hydrogen (secondary N) is 1. The number of benzene rings is 1. The minimum Gasteiger partial charge on any atom is -0.298 e. The zero-order chi connectivity index (χ0) is 18.3. The lowest BCUT2D eigenvalue weighted by Crippen LogP contribution is -2.13. The number of anilines is 1. The topological polar surface area (TPSA) is 72.2 Å². The van der Waals surface area contributed by atoms with Gasteiger partial charge in [0.1, 0.15) is 5.56 Å². The average molecular weight is 404 g/mol. The molecular weight excluding hydrogens is 393 g/mol. The summed E-state index contributed by atoms with van der Waals surface area (Å²) in [6.45, 7) is 1.77. The summed E-state index contributed by atoms with van der Waals surface area (Å²) in [5, 5.41) is 10.4. The van der Waals surface area contributed by atoms with E-state index in [-0.39, 0.29) is 5.91 Å². The molecule has 3 aromatic heterocycles. The first kappa shape index (κ1) is 17.0. The molecule has 0 aliphatic heterocycles. The Morgan fingerprint density at radius 3 is 2.96 bits per heavy atom. The van der Waals surface area contributed by atoms with E-state index in [1.165, 1.54) is 11.3 Å². The van der Waals surface area contributed by atoms with Crippen LogP contribution in [0.5, 0.6) is 0 Å². The molecule has 130 valence electrons. The molecule has 3 heterocycles. The minimum atomic E-state index is -0.306. The van der Waals surface area contributed by atoms with Crippen molar-refractivity contribution in [2.24, 2.45) is 0 Å². The van der Waals surface area contributed by atoms with Crippen LogP contribution in [0.1, 0.15) is 16.1 Å². The third kappa shape index (κ3) is 3.05. The van der Waals surface area contributed by atoms with E-state index in [2.05, 4.69) is 20.4 Å². The molecule has 0 saturated heterocycles. The zero-order valence-electron chi connectivity index (χ0n) is 13.4. The first-order chi connectivity index (χ1) is 12.5. The molecular formula is C17H11Cl2N5OS. The fourth-order valence-corrected chi connectivity index (χ4v) is 3.79. The number of nitrogens with zero attached hydrogens (tertiary/aromatic N) is 4. The largest absolute Gasteiger partial charge is 0.298 e. The highest BCUT2D eigenvalue weighted by Gasteiger charge is 2.19. The van der Waals surface area contributed by atoms with E-state index in [1.54, 1.807) is 48.1 Å². The lowest BCUT2D eigenvalue weighted by atomic mass is 10.2. The van der Waals surface area contributed by atoms with Crippen molar-refractivity contribution < 1.29 is 4.79 Å². The molecule has 0 aliphatic rings. The number of carbonyl (C=O) groups excluding carboxylic acids is 1. The highest BCUT2D eigenvalue weighted by Crippen LogP contribution is 2.32. The molecule has 0 atom stereocenters. The Kier molecular flexibility index (Phi) is 4.36. The summed E-state index contributed by atoms with van der Waals surface area (Å²) in [5.74, 6) is -0.306. The van der Waals surface area contributed by atoms with Gasteiger partial charge in [-0.05, 0) is 31.2 Å². The van der Waals surface area contributed by atoms with Crippen molar-refractivity contribution in [1.82, 2.24) is 19.6 Å². The summed E-state index contributed by atoms with van der Waals surface area (Å²) in [6, 6.07) is 6.95. The molecule has 0 saturated carbocycles. The Bertz CT molecular complexity index is 1140. The molecule has 9 heteroatoms. The fourth-order valence-electron chi connectivity index (χ4n) is 2.57. The van der Waals surface area contributed by atoms with Crippen LogP contribution >= 0.6 is 34.5 Å². The molecule has 26 heavy (non-hydrogen) atoms. The van der Waals surface area contributed by atoms with Crippen molar-refractivity contribution in [3.8, 4) is 11.3 Å². The first-order valence-corrected chi connectivity index (χ1v) is 9.19. The molecule has 0 radical (unpaired) electrons. The number of rotatable bonds is 3. The Morgan fingerprint density at radius 2 is 2.15 bits per heavy atom. The van der Waals surface area contributed by atoms with E-state index in [0.29, 0.717) is 37.8 Å². The van der Waals surface area contributed by atoms with Gasteiger partial charge in [0.05, 0.1) is 16.4 Å². The Balaban J connectivity index is 1.63. The first-order valence-electron chi connectivity index (χ1n) is 7.55. The molecule has 0 bridgehead atoms. The number of aryl methyl sites for hydroxylation is 1. The SMILES string of the molecule is Cc1nn2cccnc2c1C(=O)Nc1nc(-c2ccc(Cl)cc2Cl)cs1. The van der Waals surface area contributed by atoms with Gasteiger partial charge in [-0.25, -0.2) is 14.5 Å². The molecule has 1 N–H and O–H groups in total. The molecule has 0 fully saturated rings. The molecule has 0 aliphatic carbocycles. The molecule has 1 amide bonds. The Labute approximate surface area is 162 Å². The van der Waals surface area contributed by atoms with Crippen molar-refractivity contribution in [3.63, 3.8) is 0 Å². The minimum absolute atomic E-state index is 0.306. The fraction of sp³-hybridized carbons (Fsp3) is 0.0588. The summed E-state index contributed by atoms with van der Waals surface area (Å²) in [4.78, 5) is 21.4. The maximum absolute atomic E-state index is 12.7. The maximum Gasteiger partial charge on any atom is 0.263 e. The molecule has 0 spiro atoms.